The molecule has 0 bridgehead atoms. The molecule has 118 valence electrons. The van der Waals surface area contributed by atoms with E-state index in [1.165, 1.54) is 35.3 Å². The fourth-order valence-corrected chi connectivity index (χ4v) is 3.12. The van der Waals surface area contributed by atoms with Crippen molar-refractivity contribution >= 4 is 10.1 Å². The summed E-state index contributed by atoms with van der Waals surface area (Å²) in [6, 6.07) is 9.62. The molecule has 0 amide bonds. The summed E-state index contributed by atoms with van der Waals surface area (Å²) in [6.07, 6.45) is 1.41. The van der Waals surface area contributed by atoms with Gasteiger partial charge in [0.2, 0.25) is 0 Å². The molecular weight excluding hydrogens is 323 g/mol. The van der Waals surface area contributed by atoms with Gasteiger partial charge in [-0.05, 0) is 59.3 Å². The molecular formula is C14H11FN4O3S. The zero-order valence-electron chi connectivity index (χ0n) is 11.9. The number of tetrazole rings is 1. The molecule has 0 unspecified atom stereocenters. The molecule has 0 radical (unpaired) electrons. The maximum absolute atomic E-state index is 13.3. The minimum atomic E-state index is -4.12. The summed E-state index contributed by atoms with van der Waals surface area (Å²) >= 11 is 0. The van der Waals surface area contributed by atoms with Gasteiger partial charge in [-0.3, -0.25) is 0 Å². The number of aryl methyl sites for hydroxylation is 1. The first-order chi connectivity index (χ1) is 11.0. The minimum Gasteiger partial charge on any atom is -0.379 e. The van der Waals surface area contributed by atoms with Gasteiger partial charge in [-0.2, -0.15) is 8.42 Å². The van der Waals surface area contributed by atoms with Gasteiger partial charge in [-0.25, -0.2) is 9.07 Å². The lowest BCUT2D eigenvalue weighted by Crippen LogP contribution is -2.11. The summed E-state index contributed by atoms with van der Waals surface area (Å²) in [5.74, 6) is -0.544. The number of nitrogens with zero attached hydrogens (tertiary/aromatic N) is 4. The molecule has 7 nitrogen and oxygen atoms in total. The predicted molar refractivity (Wildman–Crippen MR) is 78.1 cm³/mol. The first kappa shape index (κ1) is 15.1. The third-order valence-corrected chi connectivity index (χ3v) is 4.47. The normalized spacial score (nSPS) is 11.4. The highest BCUT2D eigenvalue weighted by Gasteiger charge is 2.20. The standard InChI is InChI=1S/C14H11FN4O3S/c1-10-2-3-11(15)8-14(10)23(20,21)22-13-6-4-12(5-7-13)19-9-16-17-18-19/h2-9H,1H3. The Balaban J connectivity index is 1.87. The number of rotatable bonds is 4. The van der Waals surface area contributed by atoms with Crippen LogP contribution in [0.25, 0.3) is 5.69 Å². The molecule has 0 spiro atoms. The average molecular weight is 334 g/mol. The van der Waals surface area contributed by atoms with E-state index >= 15 is 0 Å². The van der Waals surface area contributed by atoms with Gasteiger partial charge >= 0.3 is 10.1 Å². The van der Waals surface area contributed by atoms with Gasteiger partial charge in [-0.1, -0.05) is 6.07 Å². The number of aromatic nitrogens is 4. The van der Waals surface area contributed by atoms with Crippen LogP contribution in [-0.4, -0.2) is 28.6 Å². The lowest BCUT2D eigenvalue weighted by atomic mass is 10.2. The lowest BCUT2D eigenvalue weighted by Gasteiger charge is -2.09. The second kappa shape index (κ2) is 5.76. The third-order valence-electron chi connectivity index (χ3n) is 3.08. The van der Waals surface area contributed by atoms with Gasteiger partial charge in [0.1, 0.15) is 22.8 Å². The predicted octanol–water partition coefficient (Wildman–Crippen LogP) is 1.88. The van der Waals surface area contributed by atoms with Crippen LogP contribution >= 0.6 is 0 Å². The summed E-state index contributed by atoms with van der Waals surface area (Å²) in [5, 5.41) is 10.7. The van der Waals surface area contributed by atoms with Gasteiger partial charge < -0.3 is 4.18 Å². The van der Waals surface area contributed by atoms with Crippen LogP contribution in [0.3, 0.4) is 0 Å². The van der Waals surface area contributed by atoms with Crippen LogP contribution in [0, 0.1) is 12.7 Å². The zero-order chi connectivity index (χ0) is 16.4. The van der Waals surface area contributed by atoms with E-state index in [1.807, 2.05) is 0 Å². The Morgan fingerprint density at radius 1 is 1.13 bits per heavy atom. The molecule has 3 rings (SSSR count). The Hall–Kier alpha value is -2.81. The molecule has 3 aromatic rings. The van der Waals surface area contributed by atoms with Crippen LogP contribution in [0.5, 0.6) is 5.75 Å². The number of benzene rings is 2. The van der Waals surface area contributed by atoms with E-state index in [-0.39, 0.29) is 10.6 Å². The molecule has 1 aromatic heterocycles. The Bertz CT molecular complexity index is 925. The van der Waals surface area contributed by atoms with Crippen molar-refractivity contribution in [1.29, 1.82) is 0 Å². The van der Waals surface area contributed by atoms with E-state index < -0.39 is 15.9 Å². The number of halogens is 1. The highest BCUT2D eigenvalue weighted by molar-refractivity contribution is 7.87. The largest absolute Gasteiger partial charge is 0.379 e. The Morgan fingerprint density at radius 3 is 2.52 bits per heavy atom. The lowest BCUT2D eigenvalue weighted by molar-refractivity contribution is 0.484. The molecule has 0 saturated carbocycles. The van der Waals surface area contributed by atoms with Crippen LogP contribution in [-0.2, 0) is 10.1 Å². The van der Waals surface area contributed by atoms with Gasteiger partial charge in [0.25, 0.3) is 0 Å². The van der Waals surface area contributed by atoms with Crippen molar-refractivity contribution in [1.82, 2.24) is 20.2 Å². The Morgan fingerprint density at radius 2 is 1.87 bits per heavy atom. The van der Waals surface area contributed by atoms with Crippen molar-refractivity contribution in [2.45, 2.75) is 11.8 Å². The number of hydrogen-bond donors (Lipinski definition) is 0. The molecule has 0 fully saturated rings. The van der Waals surface area contributed by atoms with Crippen molar-refractivity contribution in [3.05, 3.63) is 60.2 Å². The third kappa shape index (κ3) is 3.19. The van der Waals surface area contributed by atoms with Gasteiger partial charge in [0.05, 0.1) is 5.69 Å². The van der Waals surface area contributed by atoms with Crippen molar-refractivity contribution in [2.75, 3.05) is 0 Å². The minimum absolute atomic E-state index is 0.102. The zero-order valence-corrected chi connectivity index (χ0v) is 12.7. The van der Waals surface area contributed by atoms with Gasteiger partial charge in [0.15, 0.2) is 0 Å². The van der Waals surface area contributed by atoms with E-state index in [4.69, 9.17) is 4.18 Å². The first-order valence-corrected chi connectivity index (χ1v) is 7.90. The molecule has 9 heteroatoms. The topological polar surface area (TPSA) is 87.0 Å². The smallest absolute Gasteiger partial charge is 0.339 e. The molecule has 0 saturated heterocycles. The van der Waals surface area contributed by atoms with E-state index in [1.54, 1.807) is 19.1 Å². The van der Waals surface area contributed by atoms with Crippen molar-refractivity contribution < 1.29 is 17.0 Å². The maximum Gasteiger partial charge on any atom is 0.339 e. The Kier molecular flexibility index (Phi) is 3.78. The molecule has 0 atom stereocenters. The Labute approximate surface area is 131 Å². The fourth-order valence-electron chi connectivity index (χ4n) is 1.95. The molecule has 2 aromatic carbocycles. The molecule has 1 heterocycles. The van der Waals surface area contributed by atoms with Crippen LogP contribution in [0.15, 0.2) is 53.7 Å². The summed E-state index contributed by atoms with van der Waals surface area (Å²) in [6.45, 7) is 1.57. The van der Waals surface area contributed by atoms with Crippen molar-refractivity contribution in [2.24, 2.45) is 0 Å². The summed E-state index contributed by atoms with van der Waals surface area (Å²) in [4.78, 5) is -0.206. The van der Waals surface area contributed by atoms with Crippen molar-refractivity contribution in [3.63, 3.8) is 0 Å². The van der Waals surface area contributed by atoms with E-state index in [2.05, 4.69) is 15.5 Å². The molecule has 23 heavy (non-hydrogen) atoms. The highest BCUT2D eigenvalue weighted by atomic mass is 32.2. The molecule has 0 N–H and O–H groups in total. The van der Waals surface area contributed by atoms with E-state index in [0.717, 1.165) is 6.07 Å². The van der Waals surface area contributed by atoms with Gasteiger partial charge in [0, 0.05) is 0 Å². The van der Waals surface area contributed by atoms with Crippen LogP contribution in [0.2, 0.25) is 0 Å². The van der Waals surface area contributed by atoms with E-state index in [9.17, 15) is 12.8 Å². The van der Waals surface area contributed by atoms with Crippen LogP contribution in [0.4, 0.5) is 4.39 Å². The maximum atomic E-state index is 13.3. The second-order valence-corrected chi connectivity index (χ2v) is 6.21. The summed E-state index contributed by atoms with van der Waals surface area (Å²) < 4.78 is 44.3. The number of hydrogen-bond acceptors (Lipinski definition) is 6. The first-order valence-electron chi connectivity index (χ1n) is 6.50. The SMILES string of the molecule is Cc1ccc(F)cc1S(=O)(=O)Oc1ccc(-n2cnnn2)cc1. The molecule has 0 aliphatic heterocycles. The fraction of sp³-hybridized carbons (Fsp3) is 0.0714. The van der Waals surface area contributed by atoms with Crippen molar-refractivity contribution in [3.8, 4) is 11.4 Å². The second-order valence-electron chi connectivity index (χ2n) is 4.70. The van der Waals surface area contributed by atoms with Gasteiger partial charge in [-0.15, -0.1) is 5.10 Å². The monoisotopic (exact) mass is 334 g/mol. The van der Waals surface area contributed by atoms with E-state index in [0.29, 0.717) is 11.3 Å². The summed E-state index contributed by atoms with van der Waals surface area (Å²) in [5.41, 5.74) is 1.04. The molecule has 0 aliphatic carbocycles. The highest BCUT2D eigenvalue weighted by Crippen LogP contribution is 2.23. The van der Waals surface area contributed by atoms with Crippen LogP contribution < -0.4 is 4.18 Å². The summed E-state index contributed by atoms with van der Waals surface area (Å²) in [7, 11) is -4.12. The molecule has 0 aliphatic rings. The quantitative estimate of drug-likeness (QED) is 0.677. The van der Waals surface area contributed by atoms with Crippen LogP contribution in [0.1, 0.15) is 5.56 Å². The average Bonchev–Trinajstić information content (AvgIpc) is 3.04.